The number of hydrogen-bond donors (Lipinski definition) is 1. The molecule has 1 aromatic carbocycles. The van der Waals surface area contributed by atoms with Crippen molar-refractivity contribution in [1.82, 2.24) is 4.98 Å². The Morgan fingerprint density at radius 2 is 2.00 bits per heavy atom. The summed E-state index contributed by atoms with van der Waals surface area (Å²) in [4.78, 5) is 4.36. The highest BCUT2D eigenvalue weighted by Gasteiger charge is 2.53. The number of aromatic nitrogens is 1. The van der Waals surface area contributed by atoms with Crippen LogP contribution in [0.4, 0.5) is 0 Å². The van der Waals surface area contributed by atoms with Gasteiger partial charge < -0.3 is 5.73 Å². The predicted molar refractivity (Wildman–Crippen MR) is 70.9 cm³/mol. The van der Waals surface area contributed by atoms with Crippen LogP contribution in [0, 0.1) is 0 Å². The maximum Gasteiger partial charge on any atom is 0.0702 e. The molecule has 1 fully saturated rings. The Labute approximate surface area is 102 Å². The number of pyridine rings is 1. The van der Waals surface area contributed by atoms with Crippen LogP contribution in [0.25, 0.3) is 10.9 Å². The molecule has 0 bridgehead atoms. The van der Waals surface area contributed by atoms with Gasteiger partial charge in [0.25, 0.3) is 0 Å². The zero-order valence-corrected chi connectivity index (χ0v) is 10.4. The Bertz CT molecular complexity index is 562. The molecule has 1 saturated carbocycles. The Balaban J connectivity index is 2.13. The fraction of sp³-hybridized carbons (Fsp3) is 0.400. The second kappa shape index (κ2) is 3.30. The molecule has 0 saturated heterocycles. The lowest BCUT2D eigenvalue weighted by Crippen LogP contribution is -2.45. The molecule has 2 heteroatoms. The van der Waals surface area contributed by atoms with Gasteiger partial charge in [-0.15, -0.1) is 0 Å². The van der Waals surface area contributed by atoms with E-state index in [4.69, 9.17) is 5.73 Å². The number of nitrogens with zero attached hydrogens (tertiary/aromatic N) is 1. The molecule has 1 heterocycles. The van der Waals surface area contributed by atoms with Crippen molar-refractivity contribution in [3.05, 3.63) is 42.1 Å². The standard InChI is InChI=1S/C15H18N2/c1-14(2,16)15(7-8-15)12-5-6-13-11(10-12)4-3-9-17-13/h3-6,9-10H,7-8,16H2,1-2H3. The second-order valence-corrected chi connectivity index (χ2v) is 5.71. The van der Waals surface area contributed by atoms with Crippen molar-refractivity contribution in [2.75, 3.05) is 0 Å². The van der Waals surface area contributed by atoms with E-state index in [-0.39, 0.29) is 11.0 Å². The van der Waals surface area contributed by atoms with Crippen LogP contribution in [-0.4, -0.2) is 10.5 Å². The van der Waals surface area contributed by atoms with E-state index in [1.54, 1.807) is 0 Å². The first-order valence-electron chi connectivity index (χ1n) is 6.17. The fourth-order valence-electron chi connectivity index (χ4n) is 2.80. The fourth-order valence-corrected chi connectivity index (χ4v) is 2.80. The molecule has 0 amide bonds. The van der Waals surface area contributed by atoms with E-state index in [0.717, 1.165) is 5.52 Å². The van der Waals surface area contributed by atoms with E-state index < -0.39 is 0 Å². The highest BCUT2D eigenvalue weighted by atomic mass is 14.8. The van der Waals surface area contributed by atoms with Gasteiger partial charge in [0, 0.05) is 22.5 Å². The molecule has 2 N–H and O–H groups in total. The lowest BCUT2D eigenvalue weighted by molar-refractivity contribution is 0.392. The minimum Gasteiger partial charge on any atom is -0.325 e. The van der Waals surface area contributed by atoms with E-state index in [0.29, 0.717) is 0 Å². The summed E-state index contributed by atoms with van der Waals surface area (Å²) in [5, 5.41) is 1.21. The highest BCUT2D eigenvalue weighted by Crippen LogP contribution is 2.54. The van der Waals surface area contributed by atoms with E-state index >= 15 is 0 Å². The number of fused-ring (bicyclic) bond motifs is 1. The van der Waals surface area contributed by atoms with E-state index in [2.05, 4.69) is 43.1 Å². The van der Waals surface area contributed by atoms with E-state index in [9.17, 15) is 0 Å². The lowest BCUT2D eigenvalue weighted by Gasteiger charge is -2.31. The highest BCUT2D eigenvalue weighted by molar-refractivity contribution is 5.79. The molecule has 0 radical (unpaired) electrons. The molecule has 1 aliphatic rings. The van der Waals surface area contributed by atoms with Crippen LogP contribution in [0.2, 0.25) is 0 Å². The van der Waals surface area contributed by atoms with Crippen molar-refractivity contribution in [2.24, 2.45) is 5.73 Å². The zero-order chi connectivity index (χ0) is 12.1. The van der Waals surface area contributed by atoms with Gasteiger partial charge in [0.2, 0.25) is 0 Å². The van der Waals surface area contributed by atoms with Crippen LogP contribution in [-0.2, 0) is 5.41 Å². The van der Waals surface area contributed by atoms with Gasteiger partial charge >= 0.3 is 0 Å². The molecule has 2 aromatic rings. The van der Waals surface area contributed by atoms with Crippen molar-refractivity contribution in [3.63, 3.8) is 0 Å². The first-order valence-corrected chi connectivity index (χ1v) is 6.17. The third-order valence-corrected chi connectivity index (χ3v) is 4.14. The molecule has 0 unspecified atom stereocenters. The van der Waals surface area contributed by atoms with E-state index in [1.165, 1.54) is 23.8 Å². The normalized spacial score (nSPS) is 18.3. The van der Waals surface area contributed by atoms with Crippen molar-refractivity contribution in [1.29, 1.82) is 0 Å². The molecule has 0 atom stereocenters. The molecule has 1 aliphatic carbocycles. The van der Waals surface area contributed by atoms with Crippen molar-refractivity contribution in [3.8, 4) is 0 Å². The maximum atomic E-state index is 6.34. The Morgan fingerprint density at radius 1 is 1.24 bits per heavy atom. The topological polar surface area (TPSA) is 38.9 Å². The van der Waals surface area contributed by atoms with Crippen LogP contribution < -0.4 is 5.73 Å². The average molecular weight is 226 g/mol. The van der Waals surface area contributed by atoms with Crippen LogP contribution in [0.15, 0.2) is 36.5 Å². The summed E-state index contributed by atoms with van der Waals surface area (Å²) in [5.41, 5.74) is 8.79. The number of rotatable bonds is 2. The van der Waals surface area contributed by atoms with Crippen LogP contribution in [0.1, 0.15) is 32.3 Å². The van der Waals surface area contributed by atoms with Gasteiger partial charge in [-0.3, -0.25) is 4.98 Å². The largest absolute Gasteiger partial charge is 0.325 e. The number of nitrogens with two attached hydrogens (primary N) is 1. The summed E-state index contributed by atoms with van der Waals surface area (Å²) in [5.74, 6) is 0. The van der Waals surface area contributed by atoms with E-state index in [1.807, 2.05) is 12.3 Å². The van der Waals surface area contributed by atoms with Crippen molar-refractivity contribution in [2.45, 2.75) is 37.6 Å². The quantitative estimate of drug-likeness (QED) is 0.855. The summed E-state index contributed by atoms with van der Waals surface area (Å²) >= 11 is 0. The minimum absolute atomic E-state index is 0.150. The molecular weight excluding hydrogens is 208 g/mol. The number of hydrogen-bond acceptors (Lipinski definition) is 2. The molecular formula is C15H18N2. The van der Waals surface area contributed by atoms with Crippen molar-refractivity contribution < 1.29 is 0 Å². The Kier molecular flexibility index (Phi) is 2.08. The molecule has 88 valence electrons. The van der Waals surface area contributed by atoms with Crippen molar-refractivity contribution >= 4 is 10.9 Å². The predicted octanol–water partition coefficient (Wildman–Crippen LogP) is 3.00. The molecule has 3 rings (SSSR count). The Morgan fingerprint density at radius 3 is 2.65 bits per heavy atom. The van der Waals surface area contributed by atoms with Gasteiger partial charge in [-0.1, -0.05) is 12.1 Å². The van der Waals surface area contributed by atoms with Crippen LogP contribution in [0.3, 0.4) is 0 Å². The van der Waals surface area contributed by atoms with Gasteiger partial charge in [-0.25, -0.2) is 0 Å². The molecule has 17 heavy (non-hydrogen) atoms. The summed E-state index contributed by atoms with van der Waals surface area (Å²) in [6.07, 6.45) is 4.23. The third kappa shape index (κ3) is 1.55. The van der Waals surface area contributed by atoms with Gasteiger partial charge in [0.15, 0.2) is 0 Å². The summed E-state index contributed by atoms with van der Waals surface area (Å²) < 4.78 is 0. The maximum absolute atomic E-state index is 6.34. The summed E-state index contributed by atoms with van der Waals surface area (Å²) in [6, 6.07) is 10.7. The Hall–Kier alpha value is -1.41. The average Bonchev–Trinajstić information content (AvgIpc) is 3.09. The zero-order valence-electron chi connectivity index (χ0n) is 10.4. The summed E-state index contributed by atoms with van der Waals surface area (Å²) in [6.45, 7) is 4.26. The number of benzene rings is 1. The molecule has 0 spiro atoms. The third-order valence-electron chi connectivity index (χ3n) is 4.14. The molecule has 0 aliphatic heterocycles. The van der Waals surface area contributed by atoms with Gasteiger partial charge in [-0.05, 0) is 50.5 Å². The lowest BCUT2D eigenvalue weighted by atomic mass is 9.79. The first kappa shape index (κ1) is 10.7. The monoisotopic (exact) mass is 226 g/mol. The van der Waals surface area contributed by atoms with Gasteiger partial charge in [0.1, 0.15) is 0 Å². The first-order chi connectivity index (χ1) is 8.03. The SMILES string of the molecule is CC(C)(N)C1(c2ccc3ncccc3c2)CC1. The van der Waals surface area contributed by atoms with Crippen LogP contribution >= 0.6 is 0 Å². The smallest absolute Gasteiger partial charge is 0.0702 e. The van der Waals surface area contributed by atoms with Crippen LogP contribution in [0.5, 0.6) is 0 Å². The molecule has 1 aromatic heterocycles. The molecule has 2 nitrogen and oxygen atoms in total. The van der Waals surface area contributed by atoms with Gasteiger partial charge in [-0.2, -0.15) is 0 Å². The van der Waals surface area contributed by atoms with Gasteiger partial charge in [0.05, 0.1) is 5.52 Å². The minimum atomic E-state index is -0.150. The summed E-state index contributed by atoms with van der Waals surface area (Å²) in [7, 11) is 0. The second-order valence-electron chi connectivity index (χ2n) is 5.71.